The Kier molecular flexibility index (Phi) is 2.71. The zero-order chi connectivity index (χ0) is 16.5. The van der Waals surface area contributed by atoms with Gasteiger partial charge < -0.3 is 9.12 Å². The molecule has 0 fully saturated rings. The summed E-state index contributed by atoms with van der Waals surface area (Å²) in [5.74, 6) is 0. The van der Waals surface area contributed by atoms with E-state index in [2.05, 4.69) is 54.8 Å². The predicted molar refractivity (Wildman–Crippen MR) is 99.2 cm³/mol. The van der Waals surface area contributed by atoms with Crippen molar-refractivity contribution in [1.29, 1.82) is 0 Å². The van der Waals surface area contributed by atoms with Gasteiger partial charge in [0, 0.05) is 39.3 Å². The van der Waals surface area contributed by atoms with Gasteiger partial charge in [0.05, 0.1) is 22.4 Å². The monoisotopic (exact) mass is 332 g/mol. The molecule has 4 aromatic rings. The van der Waals surface area contributed by atoms with Crippen LogP contribution in [0.5, 0.6) is 0 Å². The number of fused-ring (bicyclic) bond motifs is 5. The molecule has 0 bridgehead atoms. The molecule has 0 saturated carbocycles. The number of hydrogen-bond acceptors (Lipinski definition) is 3. The van der Waals surface area contributed by atoms with E-state index in [9.17, 15) is 4.55 Å². The second kappa shape index (κ2) is 4.62. The van der Waals surface area contributed by atoms with Crippen molar-refractivity contribution in [3.05, 3.63) is 66.0 Å². The summed E-state index contributed by atoms with van der Waals surface area (Å²) in [4.78, 5) is 5.57. The third-order valence-corrected chi connectivity index (χ3v) is 5.62. The summed E-state index contributed by atoms with van der Waals surface area (Å²) in [6.45, 7) is 4.48. The highest BCUT2D eigenvalue weighted by atomic mass is 32.2. The van der Waals surface area contributed by atoms with Crippen LogP contribution >= 0.6 is 12.0 Å². The van der Waals surface area contributed by atoms with Crippen LogP contribution in [0.25, 0.3) is 27.5 Å². The van der Waals surface area contributed by atoms with Crippen LogP contribution in [0.2, 0.25) is 0 Å². The van der Waals surface area contributed by atoms with Gasteiger partial charge in [-0.05, 0) is 49.7 Å². The molecule has 4 heteroatoms. The molecule has 0 atom stereocenters. The molecule has 0 amide bonds. The van der Waals surface area contributed by atoms with Gasteiger partial charge in [0.15, 0.2) is 0 Å². The largest absolute Gasteiger partial charge is 0.325 e. The highest BCUT2D eigenvalue weighted by Gasteiger charge is 2.35. The molecular weight excluding hydrogens is 316 g/mol. The van der Waals surface area contributed by atoms with E-state index >= 15 is 0 Å². The molecule has 5 rings (SSSR count). The third kappa shape index (κ3) is 1.60. The number of hydrogen-bond donors (Lipinski definition) is 1. The van der Waals surface area contributed by atoms with E-state index in [0.29, 0.717) is 0 Å². The SMILES string of the molecule is CC1(C)c2ncccc2-n2c3ccc(SO)cc3c3cccc1c32. The maximum atomic E-state index is 9.44. The summed E-state index contributed by atoms with van der Waals surface area (Å²) < 4.78 is 11.8. The van der Waals surface area contributed by atoms with Crippen molar-refractivity contribution in [2.75, 3.05) is 0 Å². The Morgan fingerprint density at radius 1 is 1.04 bits per heavy atom. The van der Waals surface area contributed by atoms with Gasteiger partial charge in [0.25, 0.3) is 0 Å². The molecule has 2 aromatic carbocycles. The lowest BCUT2D eigenvalue weighted by Gasteiger charge is -2.33. The molecule has 0 spiro atoms. The van der Waals surface area contributed by atoms with E-state index in [-0.39, 0.29) is 5.41 Å². The normalized spacial score (nSPS) is 15.0. The van der Waals surface area contributed by atoms with E-state index in [0.717, 1.165) is 33.8 Å². The number of rotatable bonds is 1. The summed E-state index contributed by atoms with van der Waals surface area (Å²) in [5, 5.41) is 2.39. The molecule has 1 N–H and O–H groups in total. The standard InChI is InChI=1S/C20H16N2OS/c1-20(2)15-6-3-5-13-14-11-12(24-23)8-9-16(14)22(18(13)15)17-7-4-10-21-19(17)20/h3-11,23H,1-2H3. The average molecular weight is 332 g/mol. The molecule has 0 aliphatic carbocycles. The van der Waals surface area contributed by atoms with Gasteiger partial charge in [-0.2, -0.15) is 0 Å². The van der Waals surface area contributed by atoms with Gasteiger partial charge in [-0.1, -0.05) is 18.2 Å². The number of aromatic nitrogens is 2. The highest BCUT2D eigenvalue weighted by molar-refractivity contribution is 7.93. The van der Waals surface area contributed by atoms with Gasteiger partial charge in [0.2, 0.25) is 0 Å². The molecule has 1 aliphatic heterocycles. The third-order valence-electron chi connectivity index (χ3n) is 5.16. The summed E-state index contributed by atoms with van der Waals surface area (Å²) in [6, 6.07) is 16.8. The summed E-state index contributed by atoms with van der Waals surface area (Å²) in [7, 11) is 0. The van der Waals surface area contributed by atoms with Crippen molar-refractivity contribution < 1.29 is 4.55 Å². The molecule has 3 nitrogen and oxygen atoms in total. The number of pyridine rings is 1. The van der Waals surface area contributed by atoms with E-state index in [1.165, 1.54) is 21.9 Å². The number of nitrogens with zero attached hydrogens (tertiary/aromatic N) is 2. The smallest absolute Gasteiger partial charge is 0.0744 e. The van der Waals surface area contributed by atoms with Crippen LogP contribution < -0.4 is 0 Å². The Hall–Kier alpha value is -2.30. The summed E-state index contributed by atoms with van der Waals surface area (Å²) in [5.41, 5.74) is 5.79. The maximum absolute atomic E-state index is 9.44. The average Bonchev–Trinajstić information content (AvgIpc) is 2.94. The van der Waals surface area contributed by atoms with Gasteiger partial charge in [0.1, 0.15) is 0 Å². The van der Waals surface area contributed by atoms with Crippen LogP contribution in [-0.4, -0.2) is 14.1 Å². The fraction of sp³-hybridized carbons (Fsp3) is 0.150. The molecule has 0 radical (unpaired) electrons. The topological polar surface area (TPSA) is 38.0 Å². The highest BCUT2D eigenvalue weighted by Crippen LogP contribution is 2.46. The zero-order valence-electron chi connectivity index (χ0n) is 13.4. The quantitative estimate of drug-likeness (QED) is 0.475. The minimum absolute atomic E-state index is 0.144. The summed E-state index contributed by atoms with van der Waals surface area (Å²) >= 11 is 0.793. The lowest BCUT2D eigenvalue weighted by molar-refractivity contribution is 0.606. The van der Waals surface area contributed by atoms with Crippen molar-refractivity contribution in [2.45, 2.75) is 24.2 Å². The van der Waals surface area contributed by atoms with Gasteiger partial charge in [-0.25, -0.2) is 0 Å². The van der Waals surface area contributed by atoms with E-state index in [4.69, 9.17) is 4.98 Å². The van der Waals surface area contributed by atoms with Gasteiger partial charge in [-0.15, -0.1) is 0 Å². The van der Waals surface area contributed by atoms with Crippen molar-refractivity contribution in [3.8, 4) is 5.69 Å². The molecule has 2 aromatic heterocycles. The fourth-order valence-corrected chi connectivity index (χ4v) is 4.35. The fourth-order valence-electron chi connectivity index (χ4n) is 4.05. The van der Waals surface area contributed by atoms with E-state index in [1.54, 1.807) is 0 Å². The summed E-state index contributed by atoms with van der Waals surface area (Å²) in [6.07, 6.45) is 1.87. The van der Waals surface area contributed by atoms with Crippen molar-refractivity contribution >= 4 is 33.8 Å². The minimum atomic E-state index is -0.144. The molecule has 118 valence electrons. The van der Waals surface area contributed by atoms with Crippen molar-refractivity contribution in [2.24, 2.45) is 0 Å². The second-order valence-corrected chi connectivity index (χ2v) is 7.46. The van der Waals surface area contributed by atoms with Crippen LogP contribution in [0.4, 0.5) is 0 Å². The number of benzene rings is 2. The van der Waals surface area contributed by atoms with Crippen LogP contribution in [0.1, 0.15) is 25.1 Å². The Labute approximate surface area is 144 Å². The Morgan fingerprint density at radius 2 is 1.92 bits per heavy atom. The molecule has 0 unspecified atom stereocenters. The van der Waals surface area contributed by atoms with Crippen LogP contribution in [0, 0.1) is 0 Å². The van der Waals surface area contributed by atoms with E-state index < -0.39 is 0 Å². The van der Waals surface area contributed by atoms with E-state index in [1.807, 2.05) is 18.3 Å². The molecular formula is C20H16N2OS. The zero-order valence-corrected chi connectivity index (χ0v) is 14.3. The van der Waals surface area contributed by atoms with Crippen molar-refractivity contribution in [1.82, 2.24) is 9.55 Å². The first kappa shape index (κ1) is 14.1. The predicted octanol–water partition coefficient (Wildman–Crippen LogP) is 5.38. The molecule has 0 saturated heterocycles. The minimum Gasteiger partial charge on any atom is -0.325 e. The first-order valence-corrected chi connectivity index (χ1v) is 8.75. The molecule has 1 aliphatic rings. The number of para-hydroxylation sites is 1. The van der Waals surface area contributed by atoms with Gasteiger partial charge >= 0.3 is 0 Å². The first-order chi connectivity index (χ1) is 11.6. The van der Waals surface area contributed by atoms with Crippen molar-refractivity contribution in [3.63, 3.8) is 0 Å². The lowest BCUT2D eigenvalue weighted by Crippen LogP contribution is -2.27. The maximum Gasteiger partial charge on any atom is 0.0744 e. The second-order valence-electron chi connectivity index (χ2n) is 6.80. The Morgan fingerprint density at radius 3 is 2.75 bits per heavy atom. The Bertz CT molecular complexity index is 1130. The Balaban J connectivity index is 2.08. The van der Waals surface area contributed by atoms with Gasteiger partial charge in [-0.3, -0.25) is 4.98 Å². The van der Waals surface area contributed by atoms with Crippen LogP contribution in [0.15, 0.2) is 59.6 Å². The van der Waals surface area contributed by atoms with Crippen LogP contribution in [-0.2, 0) is 5.41 Å². The van der Waals surface area contributed by atoms with Crippen LogP contribution in [0.3, 0.4) is 0 Å². The first-order valence-electron chi connectivity index (χ1n) is 7.98. The molecule has 24 heavy (non-hydrogen) atoms. The lowest BCUT2D eigenvalue weighted by atomic mass is 9.77. The molecule has 3 heterocycles.